The molecule has 2 aliphatic carbocycles. The minimum absolute atomic E-state index is 0.466. The SMILES string of the molecule is C=C(C)CCC(=O)C1C2CCCC21. The van der Waals surface area contributed by atoms with E-state index < -0.39 is 0 Å². The molecule has 0 radical (unpaired) electrons. The Morgan fingerprint density at radius 2 is 1.92 bits per heavy atom. The Morgan fingerprint density at radius 1 is 1.31 bits per heavy atom. The van der Waals surface area contributed by atoms with Crippen LogP contribution in [0.2, 0.25) is 0 Å². The van der Waals surface area contributed by atoms with Gasteiger partial charge in [0.15, 0.2) is 0 Å². The van der Waals surface area contributed by atoms with E-state index in [2.05, 4.69) is 6.58 Å². The van der Waals surface area contributed by atoms with Crippen molar-refractivity contribution in [3.05, 3.63) is 12.2 Å². The summed E-state index contributed by atoms with van der Waals surface area (Å²) in [4.78, 5) is 11.7. The van der Waals surface area contributed by atoms with Crippen LogP contribution in [0.3, 0.4) is 0 Å². The third-order valence-corrected chi connectivity index (χ3v) is 3.58. The van der Waals surface area contributed by atoms with Crippen molar-refractivity contribution in [3.63, 3.8) is 0 Å². The number of Topliss-reactive ketones (excluding diaryl/α,β-unsaturated/α-hetero) is 1. The molecular formula is C12H18O. The molecule has 2 atom stereocenters. The van der Waals surface area contributed by atoms with Gasteiger partial charge in [-0.1, -0.05) is 12.0 Å². The molecule has 0 saturated heterocycles. The number of carbonyl (C=O) groups is 1. The number of rotatable bonds is 4. The van der Waals surface area contributed by atoms with Crippen LogP contribution in [0.25, 0.3) is 0 Å². The summed E-state index contributed by atoms with van der Waals surface area (Å²) in [5, 5.41) is 0. The summed E-state index contributed by atoms with van der Waals surface area (Å²) in [6.07, 6.45) is 5.63. The Hall–Kier alpha value is -0.590. The van der Waals surface area contributed by atoms with Crippen molar-refractivity contribution in [2.24, 2.45) is 17.8 Å². The first-order chi connectivity index (χ1) is 6.20. The molecule has 1 nitrogen and oxygen atoms in total. The highest BCUT2D eigenvalue weighted by molar-refractivity contribution is 5.84. The second kappa shape index (κ2) is 3.28. The zero-order valence-electron chi connectivity index (χ0n) is 8.38. The van der Waals surface area contributed by atoms with Crippen molar-refractivity contribution in [2.45, 2.75) is 39.0 Å². The summed E-state index contributed by atoms with van der Waals surface area (Å²) in [6, 6.07) is 0. The number of hydrogen-bond donors (Lipinski definition) is 0. The molecule has 0 bridgehead atoms. The van der Waals surface area contributed by atoms with Crippen LogP contribution in [-0.2, 0) is 4.79 Å². The molecule has 0 N–H and O–H groups in total. The van der Waals surface area contributed by atoms with E-state index >= 15 is 0 Å². The molecule has 2 fully saturated rings. The predicted molar refractivity (Wildman–Crippen MR) is 53.4 cm³/mol. The molecule has 0 amide bonds. The fourth-order valence-electron chi connectivity index (χ4n) is 2.80. The Kier molecular flexibility index (Phi) is 2.27. The van der Waals surface area contributed by atoms with E-state index in [9.17, 15) is 4.79 Å². The van der Waals surface area contributed by atoms with Crippen LogP contribution in [0.15, 0.2) is 12.2 Å². The monoisotopic (exact) mass is 178 g/mol. The Labute approximate surface area is 80.2 Å². The Balaban J connectivity index is 1.77. The maximum Gasteiger partial charge on any atom is 0.136 e. The van der Waals surface area contributed by atoms with Crippen molar-refractivity contribution in [2.75, 3.05) is 0 Å². The lowest BCUT2D eigenvalue weighted by atomic mass is 10.0. The second-order valence-corrected chi connectivity index (χ2v) is 4.71. The van der Waals surface area contributed by atoms with Crippen molar-refractivity contribution in [1.82, 2.24) is 0 Å². The number of carbonyl (C=O) groups excluding carboxylic acids is 1. The maximum atomic E-state index is 11.7. The lowest BCUT2D eigenvalue weighted by molar-refractivity contribution is -0.120. The summed E-state index contributed by atoms with van der Waals surface area (Å²) >= 11 is 0. The number of hydrogen-bond acceptors (Lipinski definition) is 1. The average molecular weight is 178 g/mol. The summed E-state index contributed by atoms with van der Waals surface area (Å²) < 4.78 is 0. The van der Waals surface area contributed by atoms with Gasteiger partial charge in [-0.2, -0.15) is 0 Å². The highest BCUT2D eigenvalue weighted by atomic mass is 16.1. The van der Waals surface area contributed by atoms with Gasteiger partial charge in [0.2, 0.25) is 0 Å². The summed E-state index contributed by atoms with van der Waals surface area (Å²) in [5.41, 5.74) is 1.14. The molecular weight excluding hydrogens is 160 g/mol. The van der Waals surface area contributed by atoms with E-state index in [1.165, 1.54) is 19.3 Å². The third kappa shape index (κ3) is 1.70. The normalized spacial score (nSPS) is 35.6. The molecule has 0 aromatic rings. The van der Waals surface area contributed by atoms with Crippen molar-refractivity contribution in [1.29, 1.82) is 0 Å². The largest absolute Gasteiger partial charge is 0.299 e. The first-order valence-corrected chi connectivity index (χ1v) is 5.37. The van der Waals surface area contributed by atoms with Crippen LogP contribution in [0.5, 0.6) is 0 Å². The van der Waals surface area contributed by atoms with Crippen molar-refractivity contribution in [3.8, 4) is 0 Å². The summed E-state index contributed by atoms with van der Waals surface area (Å²) in [5.74, 6) is 2.56. The molecule has 2 unspecified atom stereocenters. The molecule has 0 aromatic carbocycles. The third-order valence-electron chi connectivity index (χ3n) is 3.58. The molecule has 1 heteroatoms. The van der Waals surface area contributed by atoms with Crippen molar-refractivity contribution < 1.29 is 4.79 Å². The zero-order valence-corrected chi connectivity index (χ0v) is 8.38. The minimum Gasteiger partial charge on any atom is -0.299 e. The average Bonchev–Trinajstić information content (AvgIpc) is 2.56. The molecule has 0 heterocycles. The highest BCUT2D eigenvalue weighted by Gasteiger charge is 2.55. The van der Waals surface area contributed by atoms with Crippen LogP contribution in [0.1, 0.15) is 39.0 Å². The molecule has 0 aliphatic heterocycles. The number of fused-ring (bicyclic) bond motifs is 1. The molecule has 13 heavy (non-hydrogen) atoms. The van der Waals surface area contributed by atoms with Crippen LogP contribution >= 0.6 is 0 Å². The van der Waals surface area contributed by atoms with Crippen LogP contribution in [0, 0.1) is 17.8 Å². The molecule has 2 saturated carbocycles. The smallest absolute Gasteiger partial charge is 0.136 e. The van der Waals surface area contributed by atoms with E-state index in [1.807, 2.05) is 6.92 Å². The van der Waals surface area contributed by atoms with E-state index in [4.69, 9.17) is 0 Å². The molecule has 0 aromatic heterocycles. The number of ketones is 1. The van der Waals surface area contributed by atoms with Gasteiger partial charge in [-0.15, -0.1) is 6.58 Å². The van der Waals surface area contributed by atoms with Gasteiger partial charge in [-0.25, -0.2) is 0 Å². The van der Waals surface area contributed by atoms with Gasteiger partial charge < -0.3 is 0 Å². The van der Waals surface area contributed by atoms with E-state index in [0.29, 0.717) is 11.7 Å². The standard InChI is InChI=1S/C12H18O/c1-8(2)6-7-11(13)12-9-4-3-5-10(9)12/h9-10,12H,1,3-7H2,2H3. The van der Waals surface area contributed by atoms with Crippen LogP contribution in [-0.4, -0.2) is 5.78 Å². The van der Waals surface area contributed by atoms with Gasteiger partial charge in [-0.3, -0.25) is 4.79 Å². The fourth-order valence-corrected chi connectivity index (χ4v) is 2.80. The molecule has 2 rings (SSSR count). The summed E-state index contributed by atoms with van der Waals surface area (Å²) in [6.45, 7) is 5.83. The second-order valence-electron chi connectivity index (χ2n) is 4.71. The van der Waals surface area contributed by atoms with Gasteiger partial charge in [-0.05, 0) is 38.0 Å². The zero-order chi connectivity index (χ0) is 9.42. The van der Waals surface area contributed by atoms with Gasteiger partial charge >= 0.3 is 0 Å². The van der Waals surface area contributed by atoms with Gasteiger partial charge in [0, 0.05) is 12.3 Å². The Morgan fingerprint density at radius 3 is 2.46 bits per heavy atom. The molecule has 0 spiro atoms. The lowest BCUT2D eigenvalue weighted by Crippen LogP contribution is -2.05. The predicted octanol–water partition coefficient (Wildman–Crippen LogP) is 2.96. The Bertz CT molecular complexity index is 232. The van der Waals surface area contributed by atoms with Crippen LogP contribution < -0.4 is 0 Å². The summed E-state index contributed by atoms with van der Waals surface area (Å²) in [7, 11) is 0. The molecule has 2 aliphatic rings. The minimum atomic E-state index is 0.466. The fraction of sp³-hybridized carbons (Fsp3) is 0.750. The highest BCUT2D eigenvalue weighted by Crippen LogP contribution is 2.58. The first kappa shape index (κ1) is 8.98. The van der Waals surface area contributed by atoms with E-state index in [-0.39, 0.29) is 0 Å². The van der Waals surface area contributed by atoms with Gasteiger partial charge in [0.05, 0.1) is 0 Å². The topological polar surface area (TPSA) is 17.1 Å². The maximum absolute atomic E-state index is 11.7. The number of allylic oxidation sites excluding steroid dienone is 1. The van der Waals surface area contributed by atoms with Crippen LogP contribution in [0.4, 0.5) is 0 Å². The van der Waals surface area contributed by atoms with Gasteiger partial charge in [0.1, 0.15) is 5.78 Å². The van der Waals surface area contributed by atoms with Gasteiger partial charge in [0.25, 0.3) is 0 Å². The van der Waals surface area contributed by atoms with E-state index in [0.717, 1.165) is 30.3 Å². The first-order valence-electron chi connectivity index (χ1n) is 5.37. The van der Waals surface area contributed by atoms with Crippen molar-refractivity contribution >= 4 is 5.78 Å². The quantitative estimate of drug-likeness (QED) is 0.605. The lowest BCUT2D eigenvalue weighted by Gasteiger charge is -2.02. The van der Waals surface area contributed by atoms with E-state index in [1.54, 1.807) is 0 Å². The molecule has 72 valence electrons.